The number of nitrogen functional groups attached to an aromatic ring is 1. The number of amides is 1. The number of carbonyl (C=O) groups excluding carboxylic acids is 1. The van der Waals surface area contributed by atoms with Gasteiger partial charge in [-0.2, -0.15) is 0 Å². The summed E-state index contributed by atoms with van der Waals surface area (Å²) in [7, 11) is 0. The molecule has 2 rings (SSSR count). The first-order valence-corrected chi connectivity index (χ1v) is 6.49. The summed E-state index contributed by atoms with van der Waals surface area (Å²) in [6.45, 7) is 3.97. The van der Waals surface area contributed by atoms with Crippen LogP contribution >= 0.6 is 11.3 Å². The van der Waals surface area contributed by atoms with E-state index >= 15 is 0 Å². The first kappa shape index (κ1) is 13.4. The van der Waals surface area contributed by atoms with Crippen molar-refractivity contribution in [1.82, 2.24) is 10.2 Å². The molecule has 0 fully saturated rings. The van der Waals surface area contributed by atoms with Crippen LogP contribution in [0, 0.1) is 5.82 Å². The summed E-state index contributed by atoms with van der Waals surface area (Å²) in [5, 5.41) is 11.6. The molecular formula is C12H13FN4OS. The topological polar surface area (TPSA) is 80.9 Å². The number of nitrogens with zero attached hydrogens (tertiary/aromatic N) is 2. The van der Waals surface area contributed by atoms with Crippen LogP contribution in [-0.4, -0.2) is 16.1 Å². The molecule has 1 aromatic heterocycles. The lowest BCUT2D eigenvalue weighted by Crippen LogP contribution is -2.14. The van der Waals surface area contributed by atoms with Gasteiger partial charge in [0.1, 0.15) is 10.8 Å². The van der Waals surface area contributed by atoms with E-state index in [4.69, 9.17) is 5.73 Å². The van der Waals surface area contributed by atoms with Gasteiger partial charge in [0.15, 0.2) is 0 Å². The lowest BCUT2D eigenvalue weighted by Gasteiger charge is -2.04. The minimum absolute atomic E-state index is 0.0845. The zero-order valence-corrected chi connectivity index (χ0v) is 11.3. The van der Waals surface area contributed by atoms with Gasteiger partial charge < -0.3 is 5.73 Å². The van der Waals surface area contributed by atoms with Crippen LogP contribution in [0.5, 0.6) is 0 Å². The molecule has 1 heterocycles. The quantitative estimate of drug-likeness (QED) is 0.847. The number of hydrogen-bond acceptors (Lipinski definition) is 5. The van der Waals surface area contributed by atoms with Crippen LogP contribution in [-0.2, 0) is 0 Å². The zero-order chi connectivity index (χ0) is 14.0. The third kappa shape index (κ3) is 3.05. The van der Waals surface area contributed by atoms with E-state index in [-0.39, 0.29) is 17.2 Å². The normalized spacial score (nSPS) is 10.7. The molecule has 2 aromatic rings. The van der Waals surface area contributed by atoms with E-state index in [1.54, 1.807) is 0 Å². The van der Waals surface area contributed by atoms with E-state index in [1.807, 2.05) is 13.8 Å². The van der Waals surface area contributed by atoms with Gasteiger partial charge in [0, 0.05) is 11.6 Å². The Morgan fingerprint density at radius 3 is 2.79 bits per heavy atom. The first-order chi connectivity index (χ1) is 8.97. The molecular weight excluding hydrogens is 267 g/mol. The number of nitrogens with two attached hydrogens (primary N) is 1. The Kier molecular flexibility index (Phi) is 3.75. The monoisotopic (exact) mass is 280 g/mol. The highest BCUT2D eigenvalue weighted by Gasteiger charge is 2.14. The third-order valence-corrected chi connectivity index (χ3v) is 3.55. The zero-order valence-electron chi connectivity index (χ0n) is 10.5. The number of aromatic nitrogens is 2. The predicted molar refractivity (Wildman–Crippen MR) is 72.8 cm³/mol. The molecule has 7 heteroatoms. The van der Waals surface area contributed by atoms with Gasteiger partial charge in [0.05, 0.1) is 5.56 Å². The number of hydrogen-bond donors (Lipinski definition) is 2. The van der Waals surface area contributed by atoms with Gasteiger partial charge in [-0.3, -0.25) is 10.1 Å². The fourth-order valence-corrected chi connectivity index (χ4v) is 2.15. The standard InChI is InChI=1S/C12H13FN4OS/c1-6(2)11-16-17-12(19-11)15-10(18)8-5-7(13)3-4-9(8)14/h3-6H,14H2,1-2H3,(H,15,17,18). The van der Waals surface area contributed by atoms with E-state index in [1.165, 1.54) is 23.5 Å². The second kappa shape index (κ2) is 5.31. The van der Waals surface area contributed by atoms with Crippen LogP contribution in [0.15, 0.2) is 18.2 Å². The lowest BCUT2D eigenvalue weighted by molar-refractivity contribution is 0.102. The summed E-state index contributed by atoms with van der Waals surface area (Å²) in [4.78, 5) is 11.9. The van der Waals surface area contributed by atoms with E-state index in [2.05, 4.69) is 15.5 Å². The summed E-state index contributed by atoms with van der Waals surface area (Å²) in [5.74, 6) is -0.773. The summed E-state index contributed by atoms with van der Waals surface area (Å²) in [6, 6.07) is 3.65. The number of rotatable bonds is 3. The highest BCUT2D eigenvalue weighted by atomic mass is 32.1. The fraction of sp³-hybridized carbons (Fsp3) is 0.250. The predicted octanol–water partition coefficient (Wildman–Crippen LogP) is 2.64. The number of halogens is 1. The molecule has 0 radical (unpaired) electrons. The van der Waals surface area contributed by atoms with Crippen molar-refractivity contribution in [3.05, 3.63) is 34.6 Å². The van der Waals surface area contributed by atoms with E-state index in [9.17, 15) is 9.18 Å². The minimum atomic E-state index is -0.514. The average Bonchev–Trinajstić information content (AvgIpc) is 2.80. The van der Waals surface area contributed by atoms with Crippen LogP contribution in [0.3, 0.4) is 0 Å². The van der Waals surface area contributed by atoms with E-state index in [0.717, 1.165) is 11.1 Å². The molecule has 0 atom stereocenters. The van der Waals surface area contributed by atoms with Crippen molar-refractivity contribution in [3.8, 4) is 0 Å². The molecule has 0 saturated heterocycles. The van der Waals surface area contributed by atoms with Crippen molar-refractivity contribution in [2.75, 3.05) is 11.1 Å². The summed E-state index contributed by atoms with van der Waals surface area (Å²) < 4.78 is 13.1. The van der Waals surface area contributed by atoms with Gasteiger partial charge in [-0.25, -0.2) is 4.39 Å². The molecule has 19 heavy (non-hydrogen) atoms. The maximum atomic E-state index is 13.1. The first-order valence-electron chi connectivity index (χ1n) is 5.67. The van der Waals surface area contributed by atoms with Crippen LogP contribution in [0.1, 0.15) is 35.1 Å². The van der Waals surface area contributed by atoms with Crippen LogP contribution in [0.25, 0.3) is 0 Å². The molecule has 5 nitrogen and oxygen atoms in total. The highest BCUT2D eigenvalue weighted by molar-refractivity contribution is 7.15. The highest BCUT2D eigenvalue weighted by Crippen LogP contribution is 2.23. The molecule has 0 unspecified atom stereocenters. The molecule has 100 valence electrons. The second-order valence-corrected chi connectivity index (χ2v) is 5.29. The summed E-state index contributed by atoms with van der Waals surface area (Å²) in [5.41, 5.74) is 5.94. The Morgan fingerprint density at radius 2 is 2.16 bits per heavy atom. The van der Waals surface area contributed by atoms with E-state index < -0.39 is 11.7 Å². The Morgan fingerprint density at radius 1 is 1.42 bits per heavy atom. The molecule has 0 aliphatic rings. The largest absolute Gasteiger partial charge is 0.398 e. The number of nitrogens with one attached hydrogen (secondary N) is 1. The van der Waals surface area contributed by atoms with Crippen molar-refractivity contribution < 1.29 is 9.18 Å². The van der Waals surface area contributed by atoms with Gasteiger partial charge in [0.2, 0.25) is 5.13 Å². The number of anilines is 2. The number of benzene rings is 1. The Hall–Kier alpha value is -2.02. The number of carbonyl (C=O) groups is 1. The molecule has 0 spiro atoms. The maximum Gasteiger partial charge on any atom is 0.259 e. The van der Waals surface area contributed by atoms with Crippen molar-refractivity contribution in [1.29, 1.82) is 0 Å². The van der Waals surface area contributed by atoms with E-state index in [0.29, 0.717) is 5.13 Å². The molecule has 3 N–H and O–H groups in total. The Balaban J connectivity index is 2.18. The molecule has 0 aliphatic heterocycles. The SMILES string of the molecule is CC(C)c1nnc(NC(=O)c2cc(F)ccc2N)s1. The molecule has 0 bridgehead atoms. The van der Waals surface area contributed by atoms with Crippen molar-refractivity contribution >= 4 is 28.1 Å². The lowest BCUT2D eigenvalue weighted by atomic mass is 10.1. The fourth-order valence-electron chi connectivity index (χ4n) is 1.41. The maximum absolute atomic E-state index is 13.1. The molecule has 0 saturated carbocycles. The van der Waals surface area contributed by atoms with Crippen molar-refractivity contribution in [2.45, 2.75) is 19.8 Å². The van der Waals surface area contributed by atoms with Crippen LogP contribution in [0.4, 0.5) is 15.2 Å². The van der Waals surface area contributed by atoms with Crippen molar-refractivity contribution in [3.63, 3.8) is 0 Å². The van der Waals surface area contributed by atoms with Gasteiger partial charge in [-0.1, -0.05) is 25.2 Å². The van der Waals surface area contributed by atoms with Crippen LogP contribution < -0.4 is 11.1 Å². The van der Waals surface area contributed by atoms with Gasteiger partial charge >= 0.3 is 0 Å². The minimum Gasteiger partial charge on any atom is -0.398 e. The molecule has 1 amide bonds. The molecule has 0 aliphatic carbocycles. The Bertz CT molecular complexity index is 612. The summed E-state index contributed by atoms with van der Waals surface area (Å²) in [6.07, 6.45) is 0. The second-order valence-electron chi connectivity index (χ2n) is 4.29. The third-order valence-electron chi connectivity index (χ3n) is 2.41. The average molecular weight is 280 g/mol. The molecule has 1 aromatic carbocycles. The van der Waals surface area contributed by atoms with Gasteiger partial charge in [-0.05, 0) is 18.2 Å². The van der Waals surface area contributed by atoms with Crippen LogP contribution in [0.2, 0.25) is 0 Å². The summed E-state index contributed by atoms with van der Waals surface area (Å²) >= 11 is 1.29. The van der Waals surface area contributed by atoms with Crippen molar-refractivity contribution in [2.24, 2.45) is 0 Å². The van der Waals surface area contributed by atoms with Gasteiger partial charge in [-0.15, -0.1) is 10.2 Å². The van der Waals surface area contributed by atoms with Gasteiger partial charge in [0.25, 0.3) is 5.91 Å². The smallest absolute Gasteiger partial charge is 0.259 e. The Labute approximate surface area is 113 Å².